The van der Waals surface area contributed by atoms with Gasteiger partial charge >= 0.3 is 5.97 Å². The average molecular weight is 173 g/mol. The molecule has 1 heterocycles. The number of carboxylic acid groups (broad SMARTS) is 1. The van der Waals surface area contributed by atoms with E-state index >= 15 is 0 Å². The predicted molar refractivity (Wildman–Crippen MR) is 41.4 cm³/mol. The maximum atomic E-state index is 11.1. The molecule has 0 amide bonds. The maximum absolute atomic E-state index is 11.1. The Labute approximate surface area is 64.4 Å². The van der Waals surface area contributed by atoms with Crippen LogP contribution in [0.2, 0.25) is 0 Å². The molecule has 11 heavy (non-hydrogen) atoms. The van der Waals surface area contributed by atoms with E-state index < -0.39 is 15.7 Å². The van der Waals surface area contributed by atoms with Crippen molar-refractivity contribution in [1.82, 2.24) is 0 Å². The maximum Gasteiger partial charge on any atom is 0.337 e. The Hall–Kier alpha value is -1.10. The van der Waals surface area contributed by atoms with Crippen LogP contribution in [-0.2, 0) is 14.5 Å². The molecule has 0 aromatic heterocycles. The molecule has 1 N–H and O–H groups in total. The first-order valence-corrected chi connectivity index (χ1v) is 4.83. The van der Waals surface area contributed by atoms with Gasteiger partial charge in [0.25, 0.3) is 0 Å². The van der Waals surface area contributed by atoms with Crippen LogP contribution in [-0.4, -0.2) is 21.5 Å². The number of carboxylic acids is 1. The minimum atomic E-state index is -2.29. The third kappa shape index (κ3) is 1.91. The molecule has 1 aliphatic heterocycles. The highest BCUT2D eigenvalue weighted by Crippen LogP contribution is 2.08. The summed E-state index contributed by atoms with van der Waals surface area (Å²) in [7, 11) is -2.29. The van der Waals surface area contributed by atoms with E-state index in [2.05, 4.69) is 4.36 Å². The fourth-order valence-corrected chi connectivity index (χ4v) is 1.36. The Bertz CT molecular complexity index is 358. The number of aliphatic carboxylic acids is 1. The van der Waals surface area contributed by atoms with Crippen LogP contribution in [0.5, 0.6) is 0 Å². The van der Waals surface area contributed by atoms with Crippen molar-refractivity contribution in [2.75, 3.05) is 6.26 Å². The standard InChI is InChI=1S/C6H7NO3S/c1-11(10)3-2-5(4-7-11)6(8)9/h2-4H,1H3,(H,8,9)/t11-/m1/s1. The predicted octanol–water partition coefficient (Wildman–Crippen LogP) is 0.580. The van der Waals surface area contributed by atoms with E-state index in [1.807, 2.05) is 0 Å². The average Bonchev–Trinajstić information content (AvgIpc) is 1.86. The van der Waals surface area contributed by atoms with E-state index in [1.54, 1.807) is 0 Å². The number of rotatable bonds is 1. The normalized spacial score (nSPS) is 29.0. The lowest BCUT2D eigenvalue weighted by Gasteiger charge is -2.00. The summed E-state index contributed by atoms with van der Waals surface area (Å²) in [4.78, 5) is 10.3. The molecule has 0 saturated heterocycles. The Kier molecular flexibility index (Phi) is 1.82. The van der Waals surface area contributed by atoms with Gasteiger partial charge in [0, 0.05) is 11.7 Å². The van der Waals surface area contributed by atoms with Crippen LogP contribution < -0.4 is 0 Å². The summed E-state index contributed by atoms with van der Waals surface area (Å²) < 4.78 is 14.6. The Balaban J connectivity index is 3.10. The van der Waals surface area contributed by atoms with Crippen molar-refractivity contribution < 1.29 is 14.1 Å². The summed E-state index contributed by atoms with van der Waals surface area (Å²) in [5.41, 5.74) is 0.0609. The van der Waals surface area contributed by atoms with Crippen LogP contribution in [0.4, 0.5) is 0 Å². The molecule has 0 aliphatic carbocycles. The Morgan fingerprint density at radius 3 is 2.73 bits per heavy atom. The van der Waals surface area contributed by atoms with Crippen molar-refractivity contribution in [2.24, 2.45) is 4.36 Å². The van der Waals surface area contributed by atoms with Gasteiger partial charge in [0.1, 0.15) is 0 Å². The highest BCUT2D eigenvalue weighted by molar-refractivity contribution is 7.95. The molecule has 1 rings (SSSR count). The number of nitrogens with zero attached hydrogens (tertiary/aromatic N) is 1. The third-order valence-electron chi connectivity index (χ3n) is 1.15. The van der Waals surface area contributed by atoms with Gasteiger partial charge in [0.2, 0.25) is 0 Å². The molecular formula is C6H7NO3S. The molecule has 0 radical (unpaired) electrons. The second-order valence-electron chi connectivity index (χ2n) is 2.16. The zero-order valence-electron chi connectivity index (χ0n) is 5.85. The van der Waals surface area contributed by atoms with Crippen LogP contribution in [0, 0.1) is 0 Å². The molecule has 0 aromatic carbocycles. The topological polar surface area (TPSA) is 66.7 Å². The minimum Gasteiger partial charge on any atom is -0.478 e. The molecule has 1 aliphatic rings. The lowest BCUT2D eigenvalue weighted by Crippen LogP contribution is -2.02. The summed E-state index contributed by atoms with van der Waals surface area (Å²) >= 11 is 0. The van der Waals surface area contributed by atoms with Crippen molar-refractivity contribution in [2.45, 2.75) is 0 Å². The van der Waals surface area contributed by atoms with Crippen LogP contribution in [0.25, 0.3) is 0 Å². The van der Waals surface area contributed by atoms with E-state index in [9.17, 15) is 9.00 Å². The van der Waals surface area contributed by atoms with Crippen molar-refractivity contribution >= 4 is 15.7 Å². The van der Waals surface area contributed by atoms with E-state index in [0.717, 1.165) is 6.20 Å². The highest BCUT2D eigenvalue weighted by Gasteiger charge is 2.07. The van der Waals surface area contributed by atoms with Gasteiger partial charge in [-0.3, -0.25) is 0 Å². The Morgan fingerprint density at radius 2 is 2.36 bits per heavy atom. The summed E-state index contributed by atoms with van der Waals surface area (Å²) in [6, 6.07) is 0. The van der Waals surface area contributed by atoms with Gasteiger partial charge in [0.15, 0.2) is 0 Å². The minimum absolute atomic E-state index is 0.0609. The van der Waals surface area contributed by atoms with Gasteiger partial charge in [-0.1, -0.05) is 0 Å². The van der Waals surface area contributed by atoms with Gasteiger partial charge in [-0.2, -0.15) is 0 Å². The molecule has 0 aromatic rings. The molecular weight excluding hydrogens is 166 g/mol. The second-order valence-corrected chi connectivity index (χ2v) is 4.36. The zero-order chi connectivity index (χ0) is 8.48. The molecule has 0 bridgehead atoms. The van der Waals surface area contributed by atoms with Crippen LogP contribution in [0.3, 0.4) is 0 Å². The molecule has 0 fully saturated rings. The lowest BCUT2D eigenvalue weighted by atomic mass is 10.3. The first-order chi connectivity index (χ1) is 5.01. The summed E-state index contributed by atoms with van der Waals surface area (Å²) in [5, 5.41) is 9.74. The molecule has 5 heteroatoms. The van der Waals surface area contributed by atoms with Crippen molar-refractivity contribution in [1.29, 1.82) is 0 Å². The van der Waals surface area contributed by atoms with Gasteiger partial charge in [-0.15, -0.1) is 0 Å². The number of carbonyl (C=O) groups is 1. The number of hydrogen-bond donors (Lipinski definition) is 1. The summed E-state index contributed by atoms with van der Waals surface area (Å²) in [5.74, 6) is -1.06. The monoisotopic (exact) mass is 173 g/mol. The fraction of sp³-hybridized carbons (Fsp3) is 0.167. The quantitative estimate of drug-likeness (QED) is 0.630. The van der Waals surface area contributed by atoms with Crippen LogP contribution in [0.1, 0.15) is 0 Å². The van der Waals surface area contributed by atoms with Crippen molar-refractivity contribution in [3.8, 4) is 0 Å². The van der Waals surface area contributed by atoms with E-state index in [0.29, 0.717) is 0 Å². The first-order valence-electron chi connectivity index (χ1n) is 2.84. The third-order valence-corrected chi connectivity index (χ3v) is 2.31. The molecule has 0 saturated carbocycles. The molecule has 0 unspecified atom stereocenters. The van der Waals surface area contributed by atoms with E-state index in [4.69, 9.17) is 5.11 Å². The largest absolute Gasteiger partial charge is 0.478 e. The van der Waals surface area contributed by atoms with Crippen LogP contribution >= 0.6 is 0 Å². The molecule has 4 nitrogen and oxygen atoms in total. The van der Waals surface area contributed by atoms with Gasteiger partial charge in [-0.25, -0.2) is 13.4 Å². The number of hydrogen-bond acceptors (Lipinski definition) is 3. The Morgan fingerprint density at radius 1 is 1.73 bits per heavy atom. The lowest BCUT2D eigenvalue weighted by molar-refractivity contribution is -0.132. The van der Waals surface area contributed by atoms with E-state index in [1.165, 1.54) is 17.7 Å². The smallest absolute Gasteiger partial charge is 0.337 e. The van der Waals surface area contributed by atoms with E-state index in [-0.39, 0.29) is 5.57 Å². The first kappa shape index (κ1) is 8.00. The second kappa shape index (κ2) is 2.50. The summed E-state index contributed by atoms with van der Waals surface area (Å²) in [6.07, 6.45) is 3.86. The van der Waals surface area contributed by atoms with Crippen LogP contribution in [0.15, 0.2) is 27.6 Å². The molecule has 0 spiro atoms. The summed E-state index contributed by atoms with van der Waals surface area (Å²) in [6.45, 7) is 0. The molecule has 60 valence electrons. The SMILES string of the molecule is C[S@]1(=O)=NC=C(C(=O)O)C=C1. The molecule has 1 atom stereocenters. The van der Waals surface area contributed by atoms with Gasteiger partial charge in [-0.05, 0) is 6.08 Å². The zero-order valence-corrected chi connectivity index (χ0v) is 6.67. The highest BCUT2D eigenvalue weighted by atomic mass is 32.2. The van der Waals surface area contributed by atoms with Crippen molar-refractivity contribution in [3.63, 3.8) is 0 Å². The van der Waals surface area contributed by atoms with Gasteiger partial charge in [0.05, 0.1) is 21.5 Å². The van der Waals surface area contributed by atoms with Crippen molar-refractivity contribution in [3.05, 3.63) is 23.3 Å². The fourth-order valence-electron chi connectivity index (χ4n) is 0.566. The van der Waals surface area contributed by atoms with Gasteiger partial charge < -0.3 is 5.11 Å².